The number of benzene rings is 2. The van der Waals surface area contributed by atoms with Gasteiger partial charge in [-0.25, -0.2) is 16.8 Å². The molecular formula is C24H27FN2O2S. The van der Waals surface area contributed by atoms with Gasteiger partial charge in [0, 0.05) is 30.2 Å². The van der Waals surface area contributed by atoms with Crippen LogP contribution in [0.5, 0.6) is 0 Å². The number of unbranched alkanes of at least 4 members (excludes halogenated alkanes) is 1. The lowest BCUT2D eigenvalue weighted by atomic mass is 9.99. The van der Waals surface area contributed by atoms with Crippen LogP contribution in [0.2, 0.25) is 0 Å². The van der Waals surface area contributed by atoms with Crippen LogP contribution in [0.4, 0.5) is 4.39 Å². The summed E-state index contributed by atoms with van der Waals surface area (Å²) in [7, 11) is -1.80. The van der Waals surface area contributed by atoms with Crippen molar-refractivity contribution in [1.29, 1.82) is 0 Å². The minimum Gasteiger partial charge on any atom is -0.302 e. The first-order valence-electron chi connectivity index (χ1n) is 10.4. The highest BCUT2D eigenvalue weighted by Crippen LogP contribution is 2.34. The van der Waals surface area contributed by atoms with Crippen molar-refractivity contribution in [2.75, 3.05) is 20.1 Å². The largest absolute Gasteiger partial charge is 0.302 e. The smallest absolute Gasteiger partial charge is 0.268 e. The molecule has 0 saturated carbocycles. The minimum absolute atomic E-state index is 0.216. The number of hydrogen-bond acceptors (Lipinski definition) is 3. The van der Waals surface area contributed by atoms with Crippen molar-refractivity contribution < 1.29 is 12.8 Å². The third kappa shape index (κ3) is 3.82. The molecule has 0 fully saturated rings. The van der Waals surface area contributed by atoms with Crippen molar-refractivity contribution in [3.8, 4) is 0 Å². The van der Waals surface area contributed by atoms with E-state index >= 15 is 0 Å². The van der Waals surface area contributed by atoms with E-state index in [2.05, 4.69) is 17.9 Å². The zero-order chi connectivity index (χ0) is 21.3. The van der Waals surface area contributed by atoms with Gasteiger partial charge in [-0.2, -0.15) is 0 Å². The van der Waals surface area contributed by atoms with E-state index in [0.29, 0.717) is 16.5 Å². The zero-order valence-corrected chi connectivity index (χ0v) is 18.3. The van der Waals surface area contributed by atoms with Crippen LogP contribution in [0.1, 0.15) is 37.3 Å². The SMILES string of the molecule is CCCCc1ccc(S(=O)(=O)n2cc(C3=CCN(C)CC3)c3c(F)cccc32)cc1. The van der Waals surface area contributed by atoms with Crippen molar-refractivity contribution in [2.24, 2.45) is 0 Å². The summed E-state index contributed by atoms with van der Waals surface area (Å²) in [6, 6.07) is 11.7. The predicted molar refractivity (Wildman–Crippen MR) is 120 cm³/mol. The standard InChI is InChI=1S/C24H27FN2O2S/c1-3-4-6-18-9-11-20(12-10-18)30(28,29)27-17-21(19-13-15-26(2)16-14-19)24-22(25)7-5-8-23(24)27/h5,7-13,17H,3-4,6,14-16H2,1-2H3. The summed E-state index contributed by atoms with van der Waals surface area (Å²) >= 11 is 0. The maximum absolute atomic E-state index is 14.8. The molecule has 1 aliphatic rings. The average Bonchev–Trinajstić information content (AvgIpc) is 3.15. The maximum atomic E-state index is 14.8. The Hall–Kier alpha value is -2.44. The Morgan fingerprint density at radius 3 is 2.53 bits per heavy atom. The molecule has 0 bridgehead atoms. The highest BCUT2D eigenvalue weighted by atomic mass is 32.2. The quantitative estimate of drug-likeness (QED) is 0.552. The third-order valence-electron chi connectivity index (χ3n) is 5.80. The average molecular weight is 427 g/mol. The summed E-state index contributed by atoms with van der Waals surface area (Å²) < 4.78 is 42.9. The molecule has 1 aliphatic heterocycles. The maximum Gasteiger partial charge on any atom is 0.268 e. The second-order valence-corrected chi connectivity index (χ2v) is 9.78. The van der Waals surface area contributed by atoms with Gasteiger partial charge in [-0.3, -0.25) is 0 Å². The Labute approximate surface area is 177 Å². The Morgan fingerprint density at radius 1 is 1.10 bits per heavy atom. The Bertz CT molecular complexity index is 1190. The third-order valence-corrected chi connectivity index (χ3v) is 7.49. The lowest BCUT2D eigenvalue weighted by Crippen LogP contribution is -2.23. The highest BCUT2D eigenvalue weighted by molar-refractivity contribution is 7.90. The molecule has 2 aromatic carbocycles. The number of likely N-dealkylation sites (N-methyl/N-ethyl adjacent to an activating group) is 1. The molecule has 30 heavy (non-hydrogen) atoms. The summed E-state index contributed by atoms with van der Waals surface area (Å²) in [6.45, 7) is 3.76. The topological polar surface area (TPSA) is 42.3 Å². The molecule has 158 valence electrons. The molecule has 0 saturated heterocycles. The van der Waals surface area contributed by atoms with Crippen LogP contribution >= 0.6 is 0 Å². The van der Waals surface area contributed by atoms with Gasteiger partial charge in [0.1, 0.15) is 5.82 Å². The van der Waals surface area contributed by atoms with E-state index in [-0.39, 0.29) is 4.90 Å². The van der Waals surface area contributed by atoms with Crippen molar-refractivity contribution in [2.45, 2.75) is 37.5 Å². The Kier molecular flexibility index (Phi) is 5.80. The number of rotatable bonds is 6. The molecule has 0 atom stereocenters. The first kappa shape index (κ1) is 20.8. The van der Waals surface area contributed by atoms with Gasteiger partial charge in [-0.05, 0) is 61.7 Å². The molecule has 2 heterocycles. The number of aromatic nitrogens is 1. The van der Waals surface area contributed by atoms with E-state index in [1.165, 1.54) is 10.0 Å². The van der Waals surface area contributed by atoms with E-state index < -0.39 is 15.8 Å². The van der Waals surface area contributed by atoms with Gasteiger partial charge in [0.25, 0.3) is 10.0 Å². The molecule has 0 amide bonds. The van der Waals surface area contributed by atoms with Crippen LogP contribution in [0.15, 0.2) is 59.6 Å². The van der Waals surface area contributed by atoms with E-state index in [1.807, 2.05) is 19.2 Å². The molecule has 0 N–H and O–H groups in total. The van der Waals surface area contributed by atoms with Crippen molar-refractivity contribution in [1.82, 2.24) is 8.87 Å². The normalized spacial score (nSPS) is 15.5. The fourth-order valence-corrected chi connectivity index (χ4v) is 5.36. The second kappa shape index (κ2) is 8.36. The van der Waals surface area contributed by atoms with Crippen molar-refractivity contribution in [3.63, 3.8) is 0 Å². The van der Waals surface area contributed by atoms with E-state index in [9.17, 15) is 12.8 Å². The second-order valence-electron chi connectivity index (χ2n) is 7.97. The Morgan fingerprint density at radius 2 is 1.87 bits per heavy atom. The lowest BCUT2D eigenvalue weighted by Gasteiger charge is -2.21. The van der Waals surface area contributed by atoms with Gasteiger partial charge < -0.3 is 4.90 Å². The molecule has 0 radical (unpaired) electrons. The molecule has 4 nitrogen and oxygen atoms in total. The number of nitrogens with zero attached hydrogens (tertiary/aromatic N) is 2. The van der Waals surface area contributed by atoms with Crippen molar-refractivity contribution >= 4 is 26.5 Å². The molecule has 4 rings (SSSR count). The predicted octanol–water partition coefficient (Wildman–Crippen LogP) is 5.08. The molecular weight excluding hydrogens is 399 g/mol. The number of hydrogen-bond donors (Lipinski definition) is 0. The molecule has 0 spiro atoms. The first-order chi connectivity index (χ1) is 14.4. The van der Waals surface area contributed by atoms with Gasteiger partial charge in [-0.1, -0.05) is 37.6 Å². The van der Waals surface area contributed by atoms with Gasteiger partial charge in [0.2, 0.25) is 0 Å². The van der Waals surface area contributed by atoms with Gasteiger partial charge >= 0.3 is 0 Å². The highest BCUT2D eigenvalue weighted by Gasteiger charge is 2.25. The van der Waals surface area contributed by atoms with Crippen LogP contribution in [0.25, 0.3) is 16.5 Å². The van der Waals surface area contributed by atoms with E-state index in [0.717, 1.165) is 49.9 Å². The monoisotopic (exact) mass is 426 g/mol. The Balaban J connectivity index is 1.81. The van der Waals surface area contributed by atoms with Crippen LogP contribution in [-0.4, -0.2) is 37.4 Å². The van der Waals surface area contributed by atoms with Crippen LogP contribution in [0, 0.1) is 5.82 Å². The number of halogens is 1. The van der Waals surface area contributed by atoms with Crippen LogP contribution in [-0.2, 0) is 16.4 Å². The molecule has 6 heteroatoms. The van der Waals surface area contributed by atoms with Crippen LogP contribution < -0.4 is 0 Å². The number of aryl methyl sites for hydroxylation is 1. The van der Waals surface area contributed by atoms with Gasteiger partial charge in [0.15, 0.2) is 0 Å². The van der Waals surface area contributed by atoms with Gasteiger partial charge in [0.05, 0.1) is 10.4 Å². The summed E-state index contributed by atoms with van der Waals surface area (Å²) in [6.07, 6.45) is 7.50. The fourth-order valence-electron chi connectivity index (χ4n) is 3.99. The summed E-state index contributed by atoms with van der Waals surface area (Å²) in [5.74, 6) is -0.397. The van der Waals surface area contributed by atoms with Gasteiger partial charge in [-0.15, -0.1) is 0 Å². The van der Waals surface area contributed by atoms with Crippen molar-refractivity contribution in [3.05, 3.63) is 71.7 Å². The zero-order valence-electron chi connectivity index (χ0n) is 17.4. The first-order valence-corrected chi connectivity index (χ1v) is 11.9. The lowest BCUT2D eigenvalue weighted by molar-refractivity contribution is 0.370. The molecule has 1 aromatic heterocycles. The summed E-state index contributed by atoms with van der Waals surface area (Å²) in [5.41, 5.74) is 3.16. The van der Waals surface area contributed by atoms with E-state index in [1.54, 1.807) is 30.5 Å². The summed E-state index contributed by atoms with van der Waals surface area (Å²) in [4.78, 5) is 2.39. The minimum atomic E-state index is -3.84. The molecule has 3 aromatic rings. The van der Waals surface area contributed by atoms with E-state index in [4.69, 9.17) is 0 Å². The fraction of sp³-hybridized carbons (Fsp3) is 0.333. The molecule has 0 unspecified atom stereocenters. The molecule has 0 aliphatic carbocycles. The van der Waals surface area contributed by atoms with Crippen LogP contribution in [0.3, 0.4) is 0 Å². The number of fused-ring (bicyclic) bond motifs is 1. The summed E-state index contributed by atoms with van der Waals surface area (Å²) in [5, 5.41) is 0.372.